The first-order chi connectivity index (χ1) is 15.1. The largest absolute Gasteiger partial charge is 0.463 e. The molecule has 0 bridgehead atoms. The van der Waals surface area contributed by atoms with Crippen molar-refractivity contribution in [2.24, 2.45) is 5.92 Å². The first-order valence-corrected chi connectivity index (χ1v) is 11.0. The number of anilines is 1. The molecule has 3 aromatic rings. The van der Waals surface area contributed by atoms with Gasteiger partial charge < -0.3 is 14.6 Å². The number of amides is 3. The molecule has 9 nitrogen and oxygen atoms in total. The number of rotatable bonds is 6. The fourth-order valence-electron chi connectivity index (χ4n) is 3.50. The average molecular weight is 442 g/mol. The van der Waals surface area contributed by atoms with Crippen molar-refractivity contribution in [2.75, 3.05) is 25.0 Å². The summed E-state index contributed by atoms with van der Waals surface area (Å²) in [5, 5.41) is 12.7. The lowest BCUT2D eigenvalue weighted by molar-refractivity contribution is -0.126. The van der Waals surface area contributed by atoms with E-state index in [2.05, 4.69) is 15.7 Å². The highest BCUT2D eigenvalue weighted by molar-refractivity contribution is 7.14. The first-order valence-electron chi connectivity index (χ1n) is 10.1. The fourth-order valence-corrected chi connectivity index (χ4v) is 4.11. The highest BCUT2D eigenvalue weighted by atomic mass is 32.1. The molecule has 1 aliphatic heterocycles. The Morgan fingerprint density at radius 1 is 1.23 bits per heavy atom. The molecule has 1 saturated heterocycles. The summed E-state index contributed by atoms with van der Waals surface area (Å²) in [4.78, 5) is 38.8. The molecule has 0 saturated carbocycles. The van der Waals surface area contributed by atoms with E-state index < -0.39 is 0 Å². The predicted molar refractivity (Wildman–Crippen MR) is 117 cm³/mol. The third-order valence-electron chi connectivity index (χ3n) is 5.09. The van der Waals surface area contributed by atoms with Crippen LogP contribution in [-0.4, -0.2) is 46.3 Å². The molecule has 0 radical (unpaired) electrons. The monoisotopic (exact) mass is 441 g/mol. The minimum absolute atomic E-state index is 0.121. The molecular weight excluding hydrogens is 418 g/mol. The molecule has 3 aromatic heterocycles. The predicted octanol–water partition coefficient (Wildman–Crippen LogP) is 2.63. The van der Waals surface area contributed by atoms with Crippen molar-refractivity contribution in [3.8, 4) is 11.5 Å². The van der Waals surface area contributed by atoms with E-state index in [1.54, 1.807) is 29.4 Å². The Hall–Kier alpha value is -3.40. The summed E-state index contributed by atoms with van der Waals surface area (Å²) in [6.45, 7) is 1.51. The van der Waals surface area contributed by atoms with Crippen LogP contribution < -0.4 is 16.2 Å². The van der Waals surface area contributed by atoms with Gasteiger partial charge >= 0.3 is 6.03 Å². The second-order valence-electron chi connectivity index (χ2n) is 7.24. The van der Waals surface area contributed by atoms with E-state index >= 15 is 0 Å². The standard InChI is InChI=1S/C21H23N5O4S/c27-19-8-7-16(17-5-2-12-30-17)24-26(19)11-9-22-20(28)15-4-1-10-25(14-15)21(29)23-18-6-3-13-31-18/h2-3,5-8,12-13,15H,1,4,9-11,14H2,(H,22,28)(H,23,29). The Kier molecular flexibility index (Phi) is 6.46. The quantitative estimate of drug-likeness (QED) is 0.611. The number of nitrogens with zero attached hydrogens (tertiary/aromatic N) is 3. The van der Waals surface area contributed by atoms with E-state index in [0.29, 0.717) is 24.5 Å². The Labute approximate surface area is 182 Å². The Morgan fingerprint density at radius 2 is 2.13 bits per heavy atom. The number of carbonyl (C=O) groups is 2. The van der Waals surface area contributed by atoms with Gasteiger partial charge in [-0.25, -0.2) is 9.48 Å². The summed E-state index contributed by atoms with van der Waals surface area (Å²) < 4.78 is 6.62. The number of furan rings is 1. The first kappa shape index (κ1) is 20.9. The Balaban J connectivity index is 1.29. The van der Waals surface area contributed by atoms with Gasteiger partial charge in [0.2, 0.25) is 5.91 Å². The van der Waals surface area contributed by atoms with E-state index in [0.717, 1.165) is 17.8 Å². The number of piperidine rings is 1. The second kappa shape index (κ2) is 9.61. The number of nitrogens with one attached hydrogen (secondary N) is 2. The summed E-state index contributed by atoms with van der Waals surface area (Å²) in [6.07, 6.45) is 3.03. The van der Waals surface area contributed by atoms with Crippen LogP contribution >= 0.6 is 11.3 Å². The summed E-state index contributed by atoms with van der Waals surface area (Å²) in [5.74, 6) is 0.173. The van der Waals surface area contributed by atoms with Gasteiger partial charge in [-0.05, 0) is 48.6 Å². The molecule has 0 spiro atoms. The lowest BCUT2D eigenvalue weighted by Crippen LogP contribution is -2.47. The molecular formula is C21H23N5O4S. The number of aromatic nitrogens is 2. The third-order valence-corrected chi connectivity index (χ3v) is 5.88. The average Bonchev–Trinajstić information content (AvgIpc) is 3.49. The lowest BCUT2D eigenvalue weighted by atomic mass is 9.97. The molecule has 0 aromatic carbocycles. The van der Waals surface area contributed by atoms with Crippen molar-refractivity contribution in [3.63, 3.8) is 0 Å². The molecule has 3 amide bonds. The van der Waals surface area contributed by atoms with Crippen molar-refractivity contribution >= 4 is 28.3 Å². The highest BCUT2D eigenvalue weighted by Gasteiger charge is 2.28. The van der Waals surface area contributed by atoms with Crippen LogP contribution in [0, 0.1) is 5.92 Å². The minimum atomic E-state index is -0.276. The zero-order valence-corrected chi connectivity index (χ0v) is 17.6. The molecule has 31 heavy (non-hydrogen) atoms. The minimum Gasteiger partial charge on any atom is -0.463 e. The van der Waals surface area contributed by atoms with Crippen molar-refractivity contribution in [3.05, 3.63) is 58.4 Å². The van der Waals surface area contributed by atoms with Gasteiger partial charge in [-0.3, -0.25) is 14.9 Å². The van der Waals surface area contributed by atoms with Crippen LogP contribution in [0.15, 0.2) is 57.3 Å². The van der Waals surface area contributed by atoms with E-state index in [-0.39, 0.29) is 36.5 Å². The molecule has 10 heteroatoms. The number of hydrogen-bond acceptors (Lipinski definition) is 6. The highest BCUT2D eigenvalue weighted by Crippen LogP contribution is 2.20. The van der Waals surface area contributed by atoms with Crippen LogP contribution in [0.3, 0.4) is 0 Å². The summed E-state index contributed by atoms with van der Waals surface area (Å²) in [5.41, 5.74) is 0.300. The molecule has 2 N–H and O–H groups in total. The maximum absolute atomic E-state index is 12.6. The van der Waals surface area contributed by atoms with Crippen molar-refractivity contribution in [2.45, 2.75) is 19.4 Å². The molecule has 162 valence electrons. The van der Waals surface area contributed by atoms with Gasteiger partial charge in [0, 0.05) is 25.7 Å². The number of likely N-dealkylation sites (tertiary alicyclic amines) is 1. The lowest BCUT2D eigenvalue weighted by Gasteiger charge is -2.31. The second-order valence-corrected chi connectivity index (χ2v) is 8.19. The van der Waals surface area contributed by atoms with Crippen molar-refractivity contribution in [1.82, 2.24) is 20.0 Å². The van der Waals surface area contributed by atoms with Gasteiger partial charge in [-0.1, -0.05) is 0 Å². The number of thiophene rings is 1. The zero-order valence-electron chi connectivity index (χ0n) is 16.8. The van der Waals surface area contributed by atoms with Gasteiger partial charge in [0.25, 0.3) is 5.56 Å². The molecule has 4 rings (SSSR count). The van der Waals surface area contributed by atoms with Crippen LogP contribution in [0.2, 0.25) is 0 Å². The van der Waals surface area contributed by atoms with Gasteiger partial charge in [0.05, 0.1) is 23.7 Å². The molecule has 1 fully saturated rings. The maximum Gasteiger partial charge on any atom is 0.322 e. The zero-order chi connectivity index (χ0) is 21.6. The third kappa shape index (κ3) is 5.21. The SMILES string of the molecule is O=C(NCCn1nc(-c2ccco2)ccc1=O)C1CCCN(C(=O)Nc2cccs2)C1. The normalized spacial score (nSPS) is 16.1. The van der Waals surface area contributed by atoms with E-state index in [1.165, 1.54) is 22.1 Å². The van der Waals surface area contributed by atoms with Gasteiger partial charge in [-0.2, -0.15) is 5.10 Å². The van der Waals surface area contributed by atoms with Crippen LogP contribution in [0.5, 0.6) is 0 Å². The smallest absolute Gasteiger partial charge is 0.322 e. The molecule has 4 heterocycles. The van der Waals surface area contributed by atoms with Crippen LogP contribution in [-0.2, 0) is 11.3 Å². The molecule has 1 atom stereocenters. The van der Waals surface area contributed by atoms with Crippen LogP contribution in [0.25, 0.3) is 11.5 Å². The summed E-state index contributed by atoms with van der Waals surface area (Å²) >= 11 is 1.45. The molecule has 0 aliphatic carbocycles. The van der Waals surface area contributed by atoms with Crippen LogP contribution in [0.4, 0.5) is 9.80 Å². The maximum atomic E-state index is 12.6. The number of carbonyl (C=O) groups excluding carboxylic acids is 2. The van der Waals surface area contributed by atoms with Gasteiger partial charge in [0.15, 0.2) is 5.76 Å². The summed E-state index contributed by atoms with van der Waals surface area (Å²) in [6, 6.07) is 10.1. The number of urea groups is 1. The van der Waals surface area contributed by atoms with Crippen molar-refractivity contribution < 1.29 is 14.0 Å². The molecule has 1 unspecified atom stereocenters. The number of hydrogen-bond donors (Lipinski definition) is 2. The van der Waals surface area contributed by atoms with Gasteiger partial charge in [-0.15, -0.1) is 11.3 Å². The van der Waals surface area contributed by atoms with E-state index in [1.807, 2.05) is 17.5 Å². The van der Waals surface area contributed by atoms with E-state index in [4.69, 9.17) is 4.42 Å². The van der Waals surface area contributed by atoms with Crippen molar-refractivity contribution in [1.29, 1.82) is 0 Å². The Bertz CT molecular complexity index is 1080. The fraction of sp³-hybridized carbons (Fsp3) is 0.333. The molecule has 1 aliphatic rings. The van der Waals surface area contributed by atoms with E-state index in [9.17, 15) is 14.4 Å². The van der Waals surface area contributed by atoms with Crippen LogP contribution in [0.1, 0.15) is 12.8 Å². The Morgan fingerprint density at radius 3 is 2.90 bits per heavy atom. The van der Waals surface area contributed by atoms with Gasteiger partial charge in [0.1, 0.15) is 5.69 Å². The summed E-state index contributed by atoms with van der Waals surface area (Å²) in [7, 11) is 0. The topological polar surface area (TPSA) is 109 Å².